The standard InChI is InChI=1S/C18H30N2OS/c1-4-19-13-16-8-10-20(11-9-16)18(21)7-5-6-17-12-14(2)22-15(17)3/h12,16,19H,4-11,13H2,1-3H3. The minimum absolute atomic E-state index is 0.353. The Labute approximate surface area is 139 Å². The number of hydrogen-bond donors (Lipinski definition) is 1. The van der Waals surface area contributed by atoms with Crippen LogP contribution in [0.15, 0.2) is 6.07 Å². The maximum absolute atomic E-state index is 12.3. The van der Waals surface area contributed by atoms with Crippen LogP contribution in [0.3, 0.4) is 0 Å². The fourth-order valence-corrected chi connectivity index (χ4v) is 4.23. The number of nitrogens with zero attached hydrogens (tertiary/aromatic N) is 1. The van der Waals surface area contributed by atoms with E-state index in [1.807, 2.05) is 11.3 Å². The zero-order valence-corrected chi connectivity index (χ0v) is 15.1. The Morgan fingerprint density at radius 3 is 2.68 bits per heavy atom. The molecule has 2 heterocycles. The summed E-state index contributed by atoms with van der Waals surface area (Å²) in [4.78, 5) is 17.2. The molecular formula is C18H30N2OS. The molecule has 0 saturated carbocycles. The molecule has 1 aromatic rings. The summed E-state index contributed by atoms with van der Waals surface area (Å²) in [5.74, 6) is 1.10. The minimum atomic E-state index is 0.353. The summed E-state index contributed by atoms with van der Waals surface area (Å²) >= 11 is 1.86. The number of aryl methyl sites for hydroxylation is 3. The number of amides is 1. The van der Waals surface area contributed by atoms with Crippen molar-refractivity contribution < 1.29 is 4.79 Å². The van der Waals surface area contributed by atoms with Crippen molar-refractivity contribution in [3.8, 4) is 0 Å². The predicted octanol–water partition coefficient (Wildman–Crippen LogP) is 3.54. The Hall–Kier alpha value is -0.870. The number of nitrogens with one attached hydrogen (secondary N) is 1. The first kappa shape index (κ1) is 17.5. The average Bonchev–Trinajstić information content (AvgIpc) is 2.83. The van der Waals surface area contributed by atoms with E-state index in [0.717, 1.165) is 57.8 Å². The van der Waals surface area contributed by atoms with Crippen LogP contribution in [0.4, 0.5) is 0 Å². The van der Waals surface area contributed by atoms with E-state index in [2.05, 4.69) is 37.1 Å². The van der Waals surface area contributed by atoms with Crippen LogP contribution >= 0.6 is 11.3 Å². The van der Waals surface area contributed by atoms with E-state index >= 15 is 0 Å². The molecule has 22 heavy (non-hydrogen) atoms. The highest BCUT2D eigenvalue weighted by Gasteiger charge is 2.22. The molecule has 0 spiro atoms. The van der Waals surface area contributed by atoms with Crippen LogP contribution in [0.2, 0.25) is 0 Å². The highest BCUT2D eigenvalue weighted by molar-refractivity contribution is 7.12. The van der Waals surface area contributed by atoms with Crippen molar-refractivity contribution in [3.63, 3.8) is 0 Å². The van der Waals surface area contributed by atoms with Crippen LogP contribution in [0.1, 0.15) is 47.9 Å². The average molecular weight is 323 g/mol. The molecule has 0 atom stereocenters. The van der Waals surface area contributed by atoms with Gasteiger partial charge >= 0.3 is 0 Å². The van der Waals surface area contributed by atoms with Crippen molar-refractivity contribution in [3.05, 3.63) is 21.4 Å². The minimum Gasteiger partial charge on any atom is -0.343 e. The Balaban J connectivity index is 1.67. The van der Waals surface area contributed by atoms with E-state index in [-0.39, 0.29) is 0 Å². The van der Waals surface area contributed by atoms with Gasteiger partial charge in [-0.1, -0.05) is 6.92 Å². The molecule has 0 bridgehead atoms. The van der Waals surface area contributed by atoms with Gasteiger partial charge in [-0.05, 0) is 70.2 Å². The van der Waals surface area contributed by atoms with Gasteiger partial charge in [0.2, 0.25) is 5.91 Å². The molecular weight excluding hydrogens is 292 g/mol. The smallest absolute Gasteiger partial charge is 0.222 e. The highest BCUT2D eigenvalue weighted by Crippen LogP contribution is 2.23. The lowest BCUT2D eigenvalue weighted by Crippen LogP contribution is -2.40. The molecule has 1 fully saturated rings. The third-order valence-corrected chi connectivity index (χ3v) is 5.64. The van der Waals surface area contributed by atoms with Crippen molar-refractivity contribution in [1.82, 2.24) is 10.2 Å². The first-order valence-electron chi connectivity index (χ1n) is 8.64. The van der Waals surface area contributed by atoms with Gasteiger partial charge in [-0.2, -0.15) is 0 Å². The van der Waals surface area contributed by atoms with Gasteiger partial charge in [0, 0.05) is 29.3 Å². The maximum Gasteiger partial charge on any atom is 0.222 e. The van der Waals surface area contributed by atoms with Crippen molar-refractivity contribution in [1.29, 1.82) is 0 Å². The van der Waals surface area contributed by atoms with Crippen molar-refractivity contribution >= 4 is 17.2 Å². The van der Waals surface area contributed by atoms with Gasteiger partial charge in [0.25, 0.3) is 0 Å². The molecule has 1 saturated heterocycles. The van der Waals surface area contributed by atoms with Crippen molar-refractivity contribution in [2.75, 3.05) is 26.2 Å². The molecule has 1 aromatic heterocycles. The van der Waals surface area contributed by atoms with Gasteiger partial charge in [0.15, 0.2) is 0 Å². The zero-order valence-electron chi connectivity index (χ0n) is 14.3. The van der Waals surface area contributed by atoms with Gasteiger partial charge in [0.1, 0.15) is 0 Å². The van der Waals surface area contributed by atoms with E-state index in [1.54, 1.807) is 0 Å². The summed E-state index contributed by atoms with van der Waals surface area (Å²) in [7, 11) is 0. The highest BCUT2D eigenvalue weighted by atomic mass is 32.1. The van der Waals surface area contributed by atoms with Gasteiger partial charge in [-0.25, -0.2) is 0 Å². The van der Waals surface area contributed by atoms with Crippen LogP contribution in [0.5, 0.6) is 0 Å². The van der Waals surface area contributed by atoms with Crippen LogP contribution in [0, 0.1) is 19.8 Å². The quantitative estimate of drug-likeness (QED) is 0.833. The first-order chi connectivity index (χ1) is 10.6. The SMILES string of the molecule is CCNCC1CCN(C(=O)CCCc2cc(C)sc2C)CC1. The number of carbonyl (C=O) groups is 1. The van der Waals surface area contributed by atoms with Gasteiger partial charge in [0.05, 0.1) is 0 Å². The second-order valence-corrected chi connectivity index (χ2v) is 7.88. The summed E-state index contributed by atoms with van der Waals surface area (Å²) in [6.07, 6.45) is 5.03. The fourth-order valence-electron chi connectivity index (χ4n) is 3.25. The molecule has 3 nitrogen and oxygen atoms in total. The van der Waals surface area contributed by atoms with E-state index < -0.39 is 0 Å². The Kier molecular flexibility index (Phi) is 6.90. The topological polar surface area (TPSA) is 32.3 Å². The number of piperidine rings is 1. The molecule has 0 aliphatic carbocycles. The summed E-state index contributed by atoms with van der Waals surface area (Å²) in [5.41, 5.74) is 1.43. The Morgan fingerprint density at radius 2 is 2.09 bits per heavy atom. The molecule has 1 aliphatic rings. The Bertz CT molecular complexity index is 475. The second-order valence-electron chi connectivity index (χ2n) is 6.42. The number of carbonyl (C=O) groups excluding carboxylic acids is 1. The van der Waals surface area contributed by atoms with Crippen LogP contribution in [0.25, 0.3) is 0 Å². The molecule has 0 aromatic carbocycles. The van der Waals surface area contributed by atoms with E-state index in [4.69, 9.17) is 0 Å². The van der Waals surface area contributed by atoms with Crippen molar-refractivity contribution in [2.24, 2.45) is 5.92 Å². The lowest BCUT2D eigenvalue weighted by Gasteiger charge is -2.32. The summed E-state index contributed by atoms with van der Waals surface area (Å²) in [5, 5.41) is 3.42. The molecule has 0 unspecified atom stereocenters. The number of thiophene rings is 1. The van der Waals surface area contributed by atoms with Crippen LogP contribution < -0.4 is 5.32 Å². The van der Waals surface area contributed by atoms with E-state index in [0.29, 0.717) is 12.3 Å². The lowest BCUT2D eigenvalue weighted by molar-refractivity contribution is -0.132. The number of rotatable bonds is 7. The molecule has 1 N–H and O–H groups in total. The maximum atomic E-state index is 12.3. The first-order valence-corrected chi connectivity index (χ1v) is 9.46. The molecule has 124 valence electrons. The second kappa shape index (κ2) is 8.68. The number of hydrogen-bond acceptors (Lipinski definition) is 3. The Morgan fingerprint density at radius 1 is 1.36 bits per heavy atom. The molecule has 4 heteroatoms. The largest absolute Gasteiger partial charge is 0.343 e. The van der Waals surface area contributed by atoms with Crippen molar-refractivity contribution in [2.45, 2.75) is 52.9 Å². The zero-order chi connectivity index (χ0) is 15.9. The lowest BCUT2D eigenvalue weighted by atomic mass is 9.96. The number of likely N-dealkylation sites (tertiary alicyclic amines) is 1. The molecule has 2 rings (SSSR count). The monoisotopic (exact) mass is 322 g/mol. The van der Waals surface area contributed by atoms with E-state index in [1.165, 1.54) is 15.3 Å². The molecule has 1 aliphatic heterocycles. The third-order valence-electron chi connectivity index (χ3n) is 4.63. The van der Waals surface area contributed by atoms with Gasteiger partial charge in [-0.3, -0.25) is 4.79 Å². The fraction of sp³-hybridized carbons (Fsp3) is 0.722. The summed E-state index contributed by atoms with van der Waals surface area (Å²) in [6.45, 7) is 10.5. The van der Waals surface area contributed by atoms with E-state index in [9.17, 15) is 4.79 Å². The normalized spacial score (nSPS) is 16.2. The predicted molar refractivity (Wildman–Crippen MR) is 94.6 cm³/mol. The molecule has 1 amide bonds. The summed E-state index contributed by atoms with van der Waals surface area (Å²) in [6, 6.07) is 2.27. The third kappa shape index (κ3) is 5.10. The van der Waals surface area contributed by atoms with Gasteiger partial charge in [-0.15, -0.1) is 11.3 Å². The summed E-state index contributed by atoms with van der Waals surface area (Å²) < 4.78 is 0. The van der Waals surface area contributed by atoms with Crippen LogP contribution in [-0.4, -0.2) is 37.0 Å². The molecule has 0 radical (unpaired) electrons. The van der Waals surface area contributed by atoms with Gasteiger partial charge < -0.3 is 10.2 Å². The van der Waals surface area contributed by atoms with Crippen LogP contribution in [-0.2, 0) is 11.2 Å².